The SMILES string of the molecule is Cc1ccc(C(N)C(C)SCCO)cc1. The summed E-state index contributed by atoms with van der Waals surface area (Å²) < 4.78 is 0. The highest BCUT2D eigenvalue weighted by atomic mass is 32.2. The number of rotatable bonds is 5. The van der Waals surface area contributed by atoms with Crippen molar-refractivity contribution in [1.82, 2.24) is 0 Å². The van der Waals surface area contributed by atoms with Crippen LogP contribution >= 0.6 is 11.8 Å². The quantitative estimate of drug-likeness (QED) is 0.807. The highest BCUT2D eigenvalue weighted by molar-refractivity contribution is 7.99. The molecule has 0 fully saturated rings. The lowest BCUT2D eigenvalue weighted by Gasteiger charge is -2.19. The molecule has 0 heterocycles. The average Bonchev–Trinajstić information content (AvgIpc) is 2.26. The van der Waals surface area contributed by atoms with Crippen LogP contribution < -0.4 is 5.73 Å². The largest absolute Gasteiger partial charge is 0.396 e. The van der Waals surface area contributed by atoms with E-state index >= 15 is 0 Å². The number of benzene rings is 1. The Bertz CT molecular complexity index is 286. The second-order valence-electron chi connectivity index (χ2n) is 3.74. The van der Waals surface area contributed by atoms with Crippen molar-refractivity contribution >= 4 is 11.8 Å². The van der Waals surface area contributed by atoms with Crippen molar-refractivity contribution in [3.63, 3.8) is 0 Å². The van der Waals surface area contributed by atoms with Gasteiger partial charge in [-0.25, -0.2) is 0 Å². The van der Waals surface area contributed by atoms with Crippen LogP contribution in [0.5, 0.6) is 0 Å². The summed E-state index contributed by atoms with van der Waals surface area (Å²) in [6.07, 6.45) is 0. The maximum Gasteiger partial charge on any atom is 0.0521 e. The minimum Gasteiger partial charge on any atom is -0.396 e. The van der Waals surface area contributed by atoms with Crippen LogP contribution in [0.1, 0.15) is 24.1 Å². The fourth-order valence-electron chi connectivity index (χ4n) is 1.40. The molecule has 1 aromatic carbocycles. The summed E-state index contributed by atoms with van der Waals surface area (Å²) in [5, 5.41) is 9.08. The van der Waals surface area contributed by atoms with Gasteiger partial charge < -0.3 is 10.8 Å². The van der Waals surface area contributed by atoms with E-state index in [1.807, 2.05) is 0 Å². The number of aryl methyl sites for hydroxylation is 1. The molecule has 0 aliphatic rings. The molecule has 0 saturated heterocycles. The van der Waals surface area contributed by atoms with Crippen LogP contribution in [-0.2, 0) is 0 Å². The molecule has 2 atom stereocenters. The van der Waals surface area contributed by atoms with Crippen LogP contribution in [0.25, 0.3) is 0 Å². The van der Waals surface area contributed by atoms with Gasteiger partial charge in [-0.3, -0.25) is 0 Å². The van der Waals surface area contributed by atoms with Gasteiger partial charge >= 0.3 is 0 Å². The van der Waals surface area contributed by atoms with Crippen LogP contribution in [0.15, 0.2) is 24.3 Å². The summed E-state index contributed by atoms with van der Waals surface area (Å²) in [5.41, 5.74) is 8.54. The molecule has 0 aliphatic carbocycles. The van der Waals surface area contributed by atoms with Gasteiger partial charge in [-0.15, -0.1) is 0 Å². The van der Waals surface area contributed by atoms with Crippen LogP contribution in [0, 0.1) is 6.92 Å². The van der Waals surface area contributed by atoms with E-state index in [0.29, 0.717) is 5.25 Å². The first-order valence-corrected chi connectivity index (χ1v) is 6.24. The number of aliphatic hydroxyl groups is 1. The minimum absolute atomic E-state index is 0.0437. The molecule has 15 heavy (non-hydrogen) atoms. The Kier molecular flexibility index (Phi) is 5.15. The summed E-state index contributed by atoms with van der Waals surface area (Å²) >= 11 is 1.71. The first kappa shape index (κ1) is 12.6. The van der Waals surface area contributed by atoms with Gasteiger partial charge in [0, 0.05) is 17.0 Å². The Balaban J connectivity index is 2.59. The van der Waals surface area contributed by atoms with E-state index in [-0.39, 0.29) is 12.6 Å². The maximum absolute atomic E-state index is 8.74. The molecule has 2 unspecified atom stereocenters. The van der Waals surface area contributed by atoms with Crippen molar-refractivity contribution in [2.24, 2.45) is 5.73 Å². The number of hydrogen-bond donors (Lipinski definition) is 2. The van der Waals surface area contributed by atoms with Crippen LogP contribution in [-0.4, -0.2) is 22.7 Å². The highest BCUT2D eigenvalue weighted by Crippen LogP contribution is 2.24. The van der Waals surface area contributed by atoms with E-state index < -0.39 is 0 Å². The smallest absolute Gasteiger partial charge is 0.0521 e. The van der Waals surface area contributed by atoms with Crippen LogP contribution in [0.2, 0.25) is 0 Å². The fraction of sp³-hybridized carbons (Fsp3) is 0.500. The van der Waals surface area contributed by atoms with Gasteiger partial charge in [0.25, 0.3) is 0 Å². The summed E-state index contributed by atoms with van der Waals surface area (Å²) in [6, 6.07) is 8.37. The second kappa shape index (κ2) is 6.16. The Morgan fingerprint density at radius 2 is 1.93 bits per heavy atom. The zero-order chi connectivity index (χ0) is 11.3. The Morgan fingerprint density at radius 3 is 2.47 bits per heavy atom. The third kappa shape index (κ3) is 3.86. The van der Waals surface area contributed by atoms with Crippen LogP contribution in [0.3, 0.4) is 0 Å². The zero-order valence-corrected chi connectivity index (χ0v) is 10.1. The second-order valence-corrected chi connectivity index (χ2v) is 5.22. The normalized spacial score (nSPS) is 14.9. The van der Waals surface area contributed by atoms with Gasteiger partial charge in [-0.05, 0) is 12.5 Å². The van der Waals surface area contributed by atoms with Crippen LogP contribution in [0.4, 0.5) is 0 Å². The molecule has 0 amide bonds. The molecule has 3 heteroatoms. The fourth-order valence-corrected chi connectivity index (χ4v) is 2.24. The van der Waals surface area contributed by atoms with E-state index in [1.54, 1.807) is 11.8 Å². The van der Waals surface area contributed by atoms with E-state index in [1.165, 1.54) is 11.1 Å². The predicted molar refractivity (Wildman–Crippen MR) is 67.1 cm³/mol. The monoisotopic (exact) mass is 225 g/mol. The molecule has 1 rings (SSSR count). The van der Waals surface area contributed by atoms with E-state index in [9.17, 15) is 0 Å². The minimum atomic E-state index is 0.0437. The van der Waals surface area contributed by atoms with Crippen molar-refractivity contribution in [1.29, 1.82) is 0 Å². The molecular weight excluding hydrogens is 206 g/mol. The van der Waals surface area contributed by atoms with E-state index in [4.69, 9.17) is 10.8 Å². The summed E-state index contributed by atoms with van der Waals surface area (Å²) in [5.74, 6) is 0.751. The lowest BCUT2D eigenvalue weighted by Crippen LogP contribution is -2.21. The van der Waals surface area contributed by atoms with Gasteiger partial charge in [-0.2, -0.15) is 11.8 Å². The van der Waals surface area contributed by atoms with Gasteiger partial charge in [0.1, 0.15) is 0 Å². The van der Waals surface area contributed by atoms with Gasteiger partial charge in [0.05, 0.1) is 6.61 Å². The molecule has 0 bridgehead atoms. The lowest BCUT2D eigenvalue weighted by atomic mass is 10.0. The highest BCUT2D eigenvalue weighted by Gasteiger charge is 2.14. The molecule has 3 N–H and O–H groups in total. The molecule has 0 aromatic heterocycles. The van der Waals surface area contributed by atoms with Gasteiger partial charge in [0.15, 0.2) is 0 Å². The summed E-state index contributed by atoms with van der Waals surface area (Å²) in [7, 11) is 0. The molecular formula is C12H19NOS. The van der Waals surface area contributed by atoms with Gasteiger partial charge in [-0.1, -0.05) is 36.8 Å². The molecule has 0 aliphatic heterocycles. The standard InChI is InChI=1S/C12H19NOS/c1-9-3-5-11(6-4-9)12(13)10(2)15-8-7-14/h3-6,10,12,14H,7-8,13H2,1-2H3. The maximum atomic E-state index is 8.74. The van der Waals surface area contributed by atoms with Gasteiger partial charge in [0.2, 0.25) is 0 Å². The third-order valence-corrected chi connectivity index (χ3v) is 3.68. The number of hydrogen-bond acceptors (Lipinski definition) is 3. The lowest BCUT2D eigenvalue weighted by molar-refractivity contribution is 0.322. The molecule has 2 nitrogen and oxygen atoms in total. The first-order chi connectivity index (χ1) is 7.15. The van der Waals surface area contributed by atoms with Crippen molar-refractivity contribution in [2.45, 2.75) is 25.1 Å². The summed E-state index contributed by atoms with van der Waals surface area (Å²) in [4.78, 5) is 0. The Morgan fingerprint density at radius 1 is 1.33 bits per heavy atom. The first-order valence-electron chi connectivity index (χ1n) is 5.19. The van der Waals surface area contributed by atoms with Crippen molar-refractivity contribution < 1.29 is 5.11 Å². The Hall–Kier alpha value is -0.510. The van der Waals surface area contributed by atoms with Crippen molar-refractivity contribution in [3.05, 3.63) is 35.4 Å². The molecule has 0 saturated carbocycles. The van der Waals surface area contributed by atoms with Crippen molar-refractivity contribution in [3.8, 4) is 0 Å². The molecule has 84 valence electrons. The number of nitrogens with two attached hydrogens (primary N) is 1. The number of aliphatic hydroxyl groups excluding tert-OH is 1. The third-order valence-electron chi connectivity index (χ3n) is 2.44. The zero-order valence-electron chi connectivity index (χ0n) is 9.31. The molecule has 0 spiro atoms. The predicted octanol–water partition coefficient (Wildman–Crippen LogP) is 2.11. The molecule has 0 radical (unpaired) electrons. The average molecular weight is 225 g/mol. The van der Waals surface area contributed by atoms with Crippen molar-refractivity contribution in [2.75, 3.05) is 12.4 Å². The Labute approximate surface area is 95.9 Å². The summed E-state index contributed by atoms with van der Waals surface area (Å²) in [6.45, 7) is 4.39. The van der Waals surface area contributed by atoms with E-state index in [2.05, 4.69) is 38.1 Å². The molecule has 1 aromatic rings. The topological polar surface area (TPSA) is 46.2 Å². The number of thioether (sulfide) groups is 1. The van der Waals surface area contributed by atoms with E-state index in [0.717, 1.165) is 5.75 Å².